The third-order valence-corrected chi connectivity index (χ3v) is 1.50. The Morgan fingerprint density at radius 1 is 1.55 bits per heavy atom. The van der Waals surface area contributed by atoms with Crippen LogP contribution in [0.1, 0.15) is 0 Å². The van der Waals surface area contributed by atoms with E-state index >= 15 is 0 Å². The van der Waals surface area contributed by atoms with Crippen molar-refractivity contribution in [3.63, 3.8) is 0 Å². The predicted octanol–water partition coefficient (Wildman–Crippen LogP) is 1.02. The van der Waals surface area contributed by atoms with Gasteiger partial charge in [0.1, 0.15) is 10.7 Å². The van der Waals surface area contributed by atoms with Gasteiger partial charge in [-0.3, -0.25) is 4.68 Å². The SMILES string of the molecule is Cn1cc2ncc(Cl)nc2n1. The molecular formula is C6H5ClN4. The second kappa shape index (κ2) is 2.17. The maximum Gasteiger partial charge on any atom is 0.201 e. The molecule has 4 nitrogen and oxygen atoms in total. The van der Waals surface area contributed by atoms with E-state index in [0.29, 0.717) is 10.8 Å². The van der Waals surface area contributed by atoms with Gasteiger partial charge in [-0.1, -0.05) is 11.6 Å². The Morgan fingerprint density at radius 3 is 3.18 bits per heavy atom. The highest BCUT2D eigenvalue weighted by atomic mass is 35.5. The fourth-order valence-electron chi connectivity index (χ4n) is 0.888. The summed E-state index contributed by atoms with van der Waals surface area (Å²) >= 11 is 5.61. The number of halogens is 1. The summed E-state index contributed by atoms with van der Waals surface area (Å²) in [7, 11) is 1.82. The summed E-state index contributed by atoms with van der Waals surface area (Å²) in [6.45, 7) is 0. The largest absolute Gasteiger partial charge is 0.271 e. The molecule has 0 N–H and O–H groups in total. The lowest BCUT2D eigenvalue weighted by atomic mass is 10.6. The zero-order valence-electron chi connectivity index (χ0n) is 5.82. The minimum atomic E-state index is 0.371. The van der Waals surface area contributed by atoms with Crippen molar-refractivity contribution in [2.45, 2.75) is 0 Å². The first-order valence-electron chi connectivity index (χ1n) is 3.07. The van der Waals surface area contributed by atoms with E-state index in [-0.39, 0.29) is 0 Å². The van der Waals surface area contributed by atoms with Crippen molar-refractivity contribution in [1.29, 1.82) is 0 Å². The highest BCUT2D eigenvalue weighted by Gasteiger charge is 2.00. The van der Waals surface area contributed by atoms with Gasteiger partial charge in [-0.15, -0.1) is 0 Å². The molecule has 0 saturated heterocycles. The van der Waals surface area contributed by atoms with Crippen molar-refractivity contribution in [1.82, 2.24) is 19.7 Å². The normalized spacial score (nSPS) is 10.7. The summed E-state index contributed by atoms with van der Waals surface area (Å²) < 4.78 is 1.65. The molecule has 0 spiro atoms. The average Bonchev–Trinajstić information content (AvgIpc) is 2.27. The smallest absolute Gasteiger partial charge is 0.201 e. The quantitative estimate of drug-likeness (QED) is 0.590. The molecule has 0 unspecified atom stereocenters. The fraction of sp³-hybridized carbons (Fsp3) is 0.167. The monoisotopic (exact) mass is 168 g/mol. The van der Waals surface area contributed by atoms with Crippen LogP contribution in [-0.4, -0.2) is 19.7 Å². The van der Waals surface area contributed by atoms with Crippen molar-refractivity contribution >= 4 is 22.8 Å². The van der Waals surface area contributed by atoms with Crippen LogP contribution in [-0.2, 0) is 7.05 Å². The number of hydrogen-bond acceptors (Lipinski definition) is 3. The van der Waals surface area contributed by atoms with E-state index in [1.807, 2.05) is 7.05 Å². The molecule has 0 amide bonds. The molecule has 0 atom stereocenters. The Morgan fingerprint density at radius 2 is 2.36 bits per heavy atom. The van der Waals surface area contributed by atoms with Gasteiger partial charge < -0.3 is 0 Å². The number of fused-ring (bicyclic) bond motifs is 1. The first-order valence-corrected chi connectivity index (χ1v) is 3.45. The zero-order valence-corrected chi connectivity index (χ0v) is 6.58. The van der Waals surface area contributed by atoms with Crippen LogP contribution in [0.15, 0.2) is 12.4 Å². The van der Waals surface area contributed by atoms with Crippen LogP contribution in [0.3, 0.4) is 0 Å². The van der Waals surface area contributed by atoms with Crippen molar-refractivity contribution in [2.75, 3.05) is 0 Å². The first-order chi connectivity index (χ1) is 5.25. The molecule has 5 heteroatoms. The van der Waals surface area contributed by atoms with Crippen LogP contribution >= 0.6 is 11.6 Å². The van der Waals surface area contributed by atoms with E-state index in [9.17, 15) is 0 Å². The molecule has 11 heavy (non-hydrogen) atoms. The van der Waals surface area contributed by atoms with E-state index in [4.69, 9.17) is 11.6 Å². The van der Waals surface area contributed by atoms with Crippen LogP contribution in [0.4, 0.5) is 0 Å². The van der Waals surface area contributed by atoms with Gasteiger partial charge in [0.05, 0.1) is 12.4 Å². The minimum Gasteiger partial charge on any atom is -0.271 e. The van der Waals surface area contributed by atoms with Crippen LogP contribution in [0, 0.1) is 0 Å². The Labute approximate surface area is 67.8 Å². The van der Waals surface area contributed by atoms with Crippen molar-refractivity contribution in [3.8, 4) is 0 Å². The van der Waals surface area contributed by atoms with E-state index in [1.165, 1.54) is 6.20 Å². The number of rotatable bonds is 0. The van der Waals surface area contributed by atoms with Crippen LogP contribution < -0.4 is 0 Å². The zero-order chi connectivity index (χ0) is 7.84. The molecule has 2 aromatic heterocycles. The van der Waals surface area contributed by atoms with Gasteiger partial charge in [0.15, 0.2) is 0 Å². The van der Waals surface area contributed by atoms with E-state index in [1.54, 1.807) is 10.9 Å². The molecule has 0 aliphatic heterocycles. The maximum atomic E-state index is 5.61. The Hall–Kier alpha value is -1.16. The summed E-state index contributed by atoms with van der Waals surface area (Å²) in [5.74, 6) is 0. The summed E-state index contributed by atoms with van der Waals surface area (Å²) in [5.41, 5.74) is 1.34. The molecule has 0 bridgehead atoms. The summed E-state index contributed by atoms with van der Waals surface area (Å²) in [6, 6.07) is 0. The Kier molecular flexibility index (Phi) is 1.29. The molecule has 0 aliphatic carbocycles. The lowest BCUT2D eigenvalue weighted by Crippen LogP contribution is -1.86. The third kappa shape index (κ3) is 1.05. The van der Waals surface area contributed by atoms with Crippen LogP contribution in [0.25, 0.3) is 11.2 Å². The van der Waals surface area contributed by atoms with E-state index < -0.39 is 0 Å². The van der Waals surface area contributed by atoms with Crippen LogP contribution in [0.2, 0.25) is 5.15 Å². The topological polar surface area (TPSA) is 43.6 Å². The highest BCUT2D eigenvalue weighted by Crippen LogP contribution is 2.08. The summed E-state index contributed by atoms with van der Waals surface area (Å²) in [6.07, 6.45) is 3.30. The van der Waals surface area contributed by atoms with Gasteiger partial charge in [-0.25, -0.2) is 9.97 Å². The number of aryl methyl sites for hydroxylation is 1. The number of nitrogens with zero attached hydrogens (tertiary/aromatic N) is 4. The van der Waals surface area contributed by atoms with Gasteiger partial charge in [0, 0.05) is 7.05 Å². The fourth-order valence-corrected chi connectivity index (χ4v) is 1.02. The number of aromatic nitrogens is 4. The first kappa shape index (κ1) is 6.54. The Balaban J connectivity index is 2.82. The molecule has 2 rings (SSSR count). The summed E-state index contributed by atoms with van der Waals surface area (Å²) in [5, 5.41) is 4.40. The van der Waals surface area contributed by atoms with Crippen molar-refractivity contribution in [2.24, 2.45) is 7.05 Å². The second-order valence-corrected chi connectivity index (χ2v) is 2.59. The lowest BCUT2D eigenvalue weighted by Gasteiger charge is -1.85. The molecule has 0 saturated carbocycles. The van der Waals surface area contributed by atoms with Crippen LogP contribution in [0.5, 0.6) is 0 Å². The van der Waals surface area contributed by atoms with Gasteiger partial charge in [0.2, 0.25) is 5.65 Å². The molecular weight excluding hydrogens is 164 g/mol. The van der Waals surface area contributed by atoms with E-state index in [0.717, 1.165) is 5.52 Å². The van der Waals surface area contributed by atoms with Gasteiger partial charge >= 0.3 is 0 Å². The molecule has 0 radical (unpaired) electrons. The lowest BCUT2D eigenvalue weighted by molar-refractivity contribution is 0.776. The molecule has 0 fully saturated rings. The highest BCUT2D eigenvalue weighted by molar-refractivity contribution is 6.29. The predicted molar refractivity (Wildman–Crippen MR) is 41.3 cm³/mol. The Bertz CT molecular complexity index is 394. The maximum absolute atomic E-state index is 5.61. The molecule has 0 aliphatic rings. The van der Waals surface area contributed by atoms with Gasteiger partial charge in [-0.2, -0.15) is 5.10 Å². The molecule has 2 heterocycles. The number of hydrogen-bond donors (Lipinski definition) is 0. The molecule has 0 aromatic carbocycles. The molecule has 2 aromatic rings. The standard InChI is InChI=1S/C6H5ClN4/c1-11-3-4-6(10-11)9-5(7)2-8-4/h2-3H,1H3. The van der Waals surface area contributed by atoms with Crippen molar-refractivity contribution < 1.29 is 0 Å². The average molecular weight is 169 g/mol. The summed E-state index contributed by atoms with van der Waals surface area (Å²) in [4.78, 5) is 7.99. The van der Waals surface area contributed by atoms with Gasteiger partial charge in [-0.05, 0) is 0 Å². The third-order valence-electron chi connectivity index (χ3n) is 1.31. The molecule has 56 valence electrons. The van der Waals surface area contributed by atoms with Gasteiger partial charge in [0.25, 0.3) is 0 Å². The van der Waals surface area contributed by atoms with Crippen molar-refractivity contribution in [3.05, 3.63) is 17.5 Å². The minimum absolute atomic E-state index is 0.371. The van der Waals surface area contributed by atoms with E-state index in [2.05, 4.69) is 15.1 Å². The second-order valence-electron chi connectivity index (χ2n) is 2.20.